The van der Waals surface area contributed by atoms with Gasteiger partial charge < -0.3 is 18.9 Å². The van der Waals surface area contributed by atoms with E-state index >= 15 is 0 Å². The fourth-order valence-corrected chi connectivity index (χ4v) is 7.40. The first kappa shape index (κ1) is 26.7. The summed E-state index contributed by atoms with van der Waals surface area (Å²) in [5, 5.41) is 0.978. The van der Waals surface area contributed by atoms with Gasteiger partial charge in [0.1, 0.15) is 23.0 Å². The number of benzene rings is 2. The average molecular weight is 586 g/mol. The van der Waals surface area contributed by atoms with Crippen molar-refractivity contribution in [1.29, 1.82) is 0 Å². The Bertz CT molecular complexity index is 1380. The average Bonchev–Trinajstić information content (AvgIpc) is 3.42. The highest BCUT2D eigenvalue weighted by Crippen LogP contribution is 2.65. The van der Waals surface area contributed by atoms with Gasteiger partial charge >= 0.3 is 5.97 Å². The number of esters is 1. The maximum absolute atomic E-state index is 13.5. The lowest BCUT2D eigenvalue weighted by Crippen LogP contribution is -2.38. The van der Waals surface area contributed by atoms with Gasteiger partial charge in [-0.05, 0) is 31.9 Å². The van der Waals surface area contributed by atoms with E-state index < -0.39 is 5.60 Å². The summed E-state index contributed by atoms with van der Waals surface area (Å²) in [6, 6.07) is 7.24. The molecule has 0 saturated carbocycles. The van der Waals surface area contributed by atoms with E-state index in [1.807, 2.05) is 12.1 Å². The van der Waals surface area contributed by atoms with E-state index in [9.17, 15) is 4.79 Å². The smallest absolute Gasteiger partial charge is 0.346 e. The van der Waals surface area contributed by atoms with Crippen molar-refractivity contribution in [2.75, 3.05) is 13.2 Å². The summed E-state index contributed by atoms with van der Waals surface area (Å²) in [5.74, 6) is 1.75. The van der Waals surface area contributed by atoms with Gasteiger partial charge in [-0.2, -0.15) is 0 Å². The molecule has 3 heterocycles. The molecule has 0 N–H and O–H groups in total. The quantitative estimate of drug-likeness (QED) is 0.228. The Morgan fingerprint density at radius 1 is 0.949 bits per heavy atom. The van der Waals surface area contributed by atoms with Crippen molar-refractivity contribution in [1.82, 2.24) is 0 Å². The molecule has 0 aromatic heterocycles. The summed E-state index contributed by atoms with van der Waals surface area (Å²) in [4.78, 5) is 14.2. The second kappa shape index (κ2) is 10.5. The monoisotopic (exact) mass is 584 g/mol. The summed E-state index contributed by atoms with van der Waals surface area (Å²) in [5.41, 5.74) is 2.14. The van der Waals surface area contributed by atoms with Crippen molar-refractivity contribution in [2.24, 2.45) is 5.92 Å². The third-order valence-electron chi connectivity index (χ3n) is 7.55. The van der Waals surface area contributed by atoms with Crippen LogP contribution in [0.25, 0.3) is 0 Å². The van der Waals surface area contributed by atoms with Gasteiger partial charge in [-0.1, -0.05) is 73.7 Å². The van der Waals surface area contributed by atoms with Gasteiger partial charge in [0.15, 0.2) is 5.60 Å². The Hall–Kier alpha value is -2.54. The first-order valence-corrected chi connectivity index (χ1v) is 15.1. The number of carbonyl (C=O) groups is 1. The highest BCUT2D eigenvalue weighted by molar-refractivity contribution is 8.05. The molecule has 1 spiro atoms. The summed E-state index contributed by atoms with van der Waals surface area (Å²) >= 11 is 15.1. The van der Waals surface area contributed by atoms with Crippen LogP contribution in [0.15, 0.2) is 58.5 Å². The zero-order chi connectivity index (χ0) is 27.3. The van der Waals surface area contributed by atoms with E-state index in [1.165, 1.54) is 0 Å². The molecular formula is C31H30Cl2O5S. The molecule has 39 heavy (non-hydrogen) atoms. The van der Waals surface area contributed by atoms with Gasteiger partial charge in [-0.25, -0.2) is 4.79 Å². The molecule has 0 bridgehead atoms. The van der Waals surface area contributed by atoms with Crippen LogP contribution in [0, 0.1) is 5.92 Å². The maximum atomic E-state index is 13.5. The third kappa shape index (κ3) is 4.36. The SMILES string of the molecule is CCCCOc1cc2c(cc1Cl)C1(OC(=O)C3=C1C1C=C(C)C=CC1S3)c1cc(Cl)c(OCCCC)cc1O2. The third-order valence-corrected chi connectivity index (χ3v) is 9.48. The molecule has 1 aliphatic carbocycles. The van der Waals surface area contributed by atoms with E-state index in [4.69, 9.17) is 42.1 Å². The number of halogens is 2. The lowest BCUT2D eigenvalue weighted by molar-refractivity contribution is -0.144. The van der Waals surface area contributed by atoms with E-state index in [2.05, 4.69) is 39.0 Å². The van der Waals surface area contributed by atoms with Gasteiger partial charge in [0, 0.05) is 40.0 Å². The molecule has 6 rings (SSSR count). The van der Waals surface area contributed by atoms with Crippen LogP contribution in [0.2, 0.25) is 10.0 Å². The normalized spacial score (nSPS) is 21.6. The summed E-state index contributed by atoms with van der Waals surface area (Å²) in [6.45, 7) is 7.37. The fraction of sp³-hybridized carbons (Fsp3) is 0.387. The number of carbonyl (C=O) groups excluding carboxylic acids is 1. The van der Waals surface area contributed by atoms with Gasteiger partial charge in [0.2, 0.25) is 0 Å². The topological polar surface area (TPSA) is 54.0 Å². The number of hydrogen-bond acceptors (Lipinski definition) is 6. The Morgan fingerprint density at radius 2 is 1.54 bits per heavy atom. The van der Waals surface area contributed by atoms with Crippen molar-refractivity contribution < 1.29 is 23.7 Å². The number of hydrogen-bond donors (Lipinski definition) is 0. The highest BCUT2D eigenvalue weighted by Gasteiger charge is 2.61. The largest absolute Gasteiger partial charge is 0.492 e. The van der Waals surface area contributed by atoms with Crippen LogP contribution in [0.5, 0.6) is 23.0 Å². The van der Waals surface area contributed by atoms with Crippen molar-refractivity contribution in [2.45, 2.75) is 57.3 Å². The molecule has 8 heteroatoms. The number of ether oxygens (including phenoxy) is 4. The molecule has 0 saturated heterocycles. The minimum absolute atomic E-state index is 0.0289. The Kier molecular flexibility index (Phi) is 7.15. The number of unbranched alkanes of at least 4 members (excludes halogenated alkanes) is 2. The standard InChI is InChI=1S/C31H30Cl2O5S/c1-4-6-10-35-25-15-23-19(13-21(25)32)31(20-14-22(33)26(16-24(20)37-23)36-11-7-5-2)28-18-12-17(3)8-9-27(18)39-29(28)30(34)38-31/h8-9,12-16,18,27H,4-7,10-11H2,1-3H3. The van der Waals surface area contributed by atoms with Crippen LogP contribution in [-0.2, 0) is 15.1 Å². The molecule has 2 unspecified atom stereocenters. The molecule has 2 aromatic rings. The van der Waals surface area contributed by atoms with Gasteiger partial charge in [0.25, 0.3) is 0 Å². The first-order valence-electron chi connectivity index (χ1n) is 13.5. The summed E-state index contributed by atoms with van der Waals surface area (Å²) in [6.07, 6.45) is 10.3. The highest BCUT2D eigenvalue weighted by atomic mass is 35.5. The zero-order valence-corrected chi connectivity index (χ0v) is 24.5. The van der Waals surface area contributed by atoms with E-state index in [0.717, 1.165) is 36.8 Å². The van der Waals surface area contributed by atoms with Crippen molar-refractivity contribution in [3.8, 4) is 23.0 Å². The summed E-state index contributed by atoms with van der Waals surface area (Å²) < 4.78 is 24.9. The molecule has 0 fully saturated rings. The Morgan fingerprint density at radius 3 is 2.10 bits per heavy atom. The molecule has 5 nitrogen and oxygen atoms in total. The summed E-state index contributed by atoms with van der Waals surface area (Å²) in [7, 11) is 0. The van der Waals surface area contributed by atoms with Crippen LogP contribution >= 0.6 is 35.0 Å². The molecule has 4 aliphatic rings. The molecule has 2 atom stereocenters. The van der Waals surface area contributed by atoms with E-state index in [-0.39, 0.29) is 17.1 Å². The van der Waals surface area contributed by atoms with Crippen molar-refractivity contribution in [3.05, 3.63) is 79.7 Å². The lowest BCUT2D eigenvalue weighted by Gasteiger charge is -2.40. The minimum atomic E-state index is -1.24. The Labute approximate surface area is 243 Å². The molecule has 0 radical (unpaired) electrons. The molecule has 0 amide bonds. The molecule has 2 aromatic carbocycles. The predicted molar refractivity (Wildman–Crippen MR) is 155 cm³/mol. The Balaban J connectivity index is 1.55. The number of fused-ring (bicyclic) bond motifs is 7. The van der Waals surface area contributed by atoms with E-state index in [1.54, 1.807) is 23.9 Å². The predicted octanol–water partition coefficient (Wildman–Crippen LogP) is 8.76. The number of allylic oxidation sites excluding steroid dienone is 3. The van der Waals surface area contributed by atoms with Gasteiger partial charge in [0.05, 0.1) is 28.2 Å². The first-order chi connectivity index (χ1) is 18.9. The van der Waals surface area contributed by atoms with Crippen LogP contribution in [-0.4, -0.2) is 24.4 Å². The maximum Gasteiger partial charge on any atom is 0.346 e. The second-order valence-electron chi connectivity index (χ2n) is 10.3. The van der Waals surface area contributed by atoms with Gasteiger partial charge in [-0.15, -0.1) is 11.8 Å². The molecule has 3 aliphatic heterocycles. The van der Waals surface area contributed by atoms with Crippen LogP contribution < -0.4 is 14.2 Å². The van der Waals surface area contributed by atoms with Crippen LogP contribution in [0.1, 0.15) is 57.6 Å². The number of rotatable bonds is 8. The lowest BCUT2D eigenvalue weighted by atomic mass is 9.72. The zero-order valence-electron chi connectivity index (χ0n) is 22.1. The van der Waals surface area contributed by atoms with Crippen LogP contribution in [0.3, 0.4) is 0 Å². The van der Waals surface area contributed by atoms with Crippen molar-refractivity contribution >= 4 is 40.9 Å². The molecular weight excluding hydrogens is 555 g/mol. The van der Waals surface area contributed by atoms with E-state index in [0.29, 0.717) is 62.3 Å². The second-order valence-corrected chi connectivity index (χ2v) is 12.3. The molecule has 204 valence electrons. The van der Waals surface area contributed by atoms with Gasteiger partial charge in [-0.3, -0.25) is 0 Å². The fourth-order valence-electron chi connectivity index (χ4n) is 5.63. The van der Waals surface area contributed by atoms with Crippen molar-refractivity contribution in [3.63, 3.8) is 0 Å². The number of thioether (sulfide) groups is 1. The minimum Gasteiger partial charge on any atom is -0.492 e. The van der Waals surface area contributed by atoms with Crippen LogP contribution in [0.4, 0.5) is 0 Å².